The summed E-state index contributed by atoms with van der Waals surface area (Å²) in [4.78, 5) is 8.04. The molecule has 2 rings (SSSR count). The SMILES string of the molecule is CCCOc1cc(-c2cnc(N)nc2N)cc(OCCC)c1I. The summed E-state index contributed by atoms with van der Waals surface area (Å²) < 4.78 is 12.6. The molecule has 2 aromatic rings. The van der Waals surface area contributed by atoms with E-state index >= 15 is 0 Å². The van der Waals surface area contributed by atoms with Crippen molar-refractivity contribution in [2.24, 2.45) is 0 Å². The van der Waals surface area contributed by atoms with E-state index in [9.17, 15) is 0 Å². The van der Waals surface area contributed by atoms with E-state index in [4.69, 9.17) is 20.9 Å². The lowest BCUT2D eigenvalue weighted by molar-refractivity contribution is 0.298. The van der Waals surface area contributed by atoms with Gasteiger partial charge in [-0.15, -0.1) is 0 Å². The van der Waals surface area contributed by atoms with Gasteiger partial charge >= 0.3 is 0 Å². The molecule has 1 aromatic heterocycles. The molecule has 0 radical (unpaired) electrons. The monoisotopic (exact) mass is 428 g/mol. The van der Waals surface area contributed by atoms with E-state index in [1.165, 1.54) is 0 Å². The predicted molar refractivity (Wildman–Crippen MR) is 101 cm³/mol. The third-order valence-electron chi connectivity index (χ3n) is 3.08. The molecule has 124 valence electrons. The molecule has 0 aliphatic carbocycles. The summed E-state index contributed by atoms with van der Waals surface area (Å²) in [5.74, 6) is 2.03. The molecule has 0 unspecified atom stereocenters. The fourth-order valence-electron chi connectivity index (χ4n) is 1.99. The molecule has 0 saturated heterocycles. The van der Waals surface area contributed by atoms with Crippen molar-refractivity contribution in [3.8, 4) is 22.6 Å². The van der Waals surface area contributed by atoms with E-state index in [0.29, 0.717) is 24.6 Å². The van der Waals surface area contributed by atoms with Crippen LogP contribution >= 0.6 is 22.6 Å². The van der Waals surface area contributed by atoms with E-state index in [1.807, 2.05) is 12.1 Å². The Balaban J connectivity index is 2.48. The third kappa shape index (κ3) is 4.37. The highest BCUT2D eigenvalue weighted by Gasteiger charge is 2.15. The van der Waals surface area contributed by atoms with Gasteiger partial charge in [0.2, 0.25) is 5.95 Å². The van der Waals surface area contributed by atoms with Crippen molar-refractivity contribution in [3.63, 3.8) is 0 Å². The highest BCUT2D eigenvalue weighted by Crippen LogP contribution is 2.37. The number of ether oxygens (including phenoxy) is 2. The van der Waals surface area contributed by atoms with Crippen molar-refractivity contribution < 1.29 is 9.47 Å². The zero-order chi connectivity index (χ0) is 16.8. The molecule has 4 N–H and O–H groups in total. The Kier molecular flexibility index (Phi) is 6.26. The number of hydrogen-bond donors (Lipinski definition) is 2. The fraction of sp³-hybridized carbons (Fsp3) is 0.375. The Hall–Kier alpha value is -1.77. The van der Waals surface area contributed by atoms with Crippen molar-refractivity contribution in [2.75, 3.05) is 24.7 Å². The molecule has 0 fully saturated rings. The molecule has 0 atom stereocenters. The second-order valence-corrected chi connectivity index (χ2v) is 6.09. The first-order valence-corrected chi connectivity index (χ1v) is 8.62. The minimum atomic E-state index is 0.154. The zero-order valence-electron chi connectivity index (χ0n) is 13.3. The van der Waals surface area contributed by atoms with Crippen LogP contribution in [0.25, 0.3) is 11.1 Å². The summed E-state index contributed by atoms with van der Waals surface area (Å²) in [5.41, 5.74) is 13.1. The van der Waals surface area contributed by atoms with Crippen molar-refractivity contribution >= 4 is 34.4 Å². The Morgan fingerprint density at radius 2 is 1.61 bits per heavy atom. The van der Waals surface area contributed by atoms with Gasteiger partial charge in [0.15, 0.2) is 0 Å². The summed E-state index contributed by atoms with van der Waals surface area (Å²) in [5, 5.41) is 0. The molecule has 23 heavy (non-hydrogen) atoms. The van der Waals surface area contributed by atoms with Gasteiger partial charge in [-0.1, -0.05) is 13.8 Å². The first-order chi connectivity index (χ1) is 11.1. The molecule has 1 aromatic carbocycles. The number of nitrogens with zero attached hydrogens (tertiary/aromatic N) is 2. The van der Waals surface area contributed by atoms with Gasteiger partial charge in [0, 0.05) is 11.8 Å². The lowest BCUT2D eigenvalue weighted by Gasteiger charge is -2.15. The Bertz CT molecular complexity index is 650. The van der Waals surface area contributed by atoms with Gasteiger partial charge in [0.05, 0.1) is 16.8 Å². The van der Waals surface area contributed by atoms with Crippen LogP contribution in [0, 0.1) is 3.57 Å². The van der Waals surface area contributed by atoms with Gasteiger partial charge in [-0.05, 0) is 53.1 Å². The van der Waals surface area contributed by atoms with Crippen molar-refractivity contribution in [2.45, 2.75) is 26.7 Å². The van der Waals surface area contributed by atoms with Crippen molar-refractivity contribution in [1.29, 1.82) is 0 Å². The van der Waals surface area contributed by atoms with Crippen molar-refractivity contribution in [3.05, 3.63) is 21.9 Å². The summed E-state index contributed by atoms with van der Waals surface area (Å²) in [6.07, 6.45) is 3.48. The van der Waals surface area contributed by atoms with Crippen LogP contribution in [-0.2, 0) is 0 Å². The standard InChI is InChI=1S/C16H21IN4O2/c1-3-5-22-12-7-10(8-13(14(12)17)23-6-4-2)11-9-20-16(19)21-15(11)18/h7-9H,3-6H2,1-2H3,(H4,18,19,20,21). The average Bonchev–Trinajstić information content (AvgIpc) is 2.53. The van der Waals surface area contributed by atoms with Crippen LogP contribution in [0.5, 0.6) is 11.5 Å². The quantitative estimate of drug-likeness (QED) is 0.656. The lowest BCUT2D eigenvalue weighted by atomic mass is 10.1. The van der Waals surface area contributed by atoms with Crippen LogP contribution in [0.1, 0.15) is 26.7 Å². The highest BCUT2D eigenvalue weighted by molar-refractivity contribution is 14.1. The highest BCUT2D eigenvalue weighted by atomic mass is 127. The summed E-state index contributed by atoms with van der Waals surface area (Å²) in [6, 6.07) is 3.86. The van der Waals surface area contributed by atoms with Gasteiger partial charge in [-0.25, -0.2) is 4.98 Å². The maximum absolute atomic E-state index is 5.98. The van der Waals surface area contributed by atoms with Gasteiger partial charge in [0.1, 0.15) is 17.3 Å². The van der Waals surface area contributed by atoms with Crippen LogP contribution < -0.4 is 20.9 Å². The largest absolute Gasteiger partial charge is 0.492 e. The molecule has 0 spiro atoms. The first kappa shape index (κ1) is 17.6. The molecular weight excluding hydrogens is 407 g/mol. The molecular formula is C16H21IN4O2. The molecule has 0 aliphatic heterocycles. The summed E-state index contributed by atoms with van der Waals surface area (Å²) >= 11 is 2.24. The molecule has 1 heterocycles. The second-order valence-electron chi connectivity index (χ2n) is 5.01. The first-order valence-electron chi connectivity index (χ1n) is 7.54. The Morgan fingerprint density at radius 3 is 2.09 bits per heavy atom. The number of aromatic nitrogens is 2. The van der Waals surface area contributed by atoms with Crippen molar-refractivity contribution in [1.82, 2.24) is 9.97 Å². The summed E-state index contributed by atoms with van der Waals surface area (Å²) in [6.45, 7) is 5.41. The second kappa shape index (κ2) is 8.19. The van der Waals surface area contributed by atoms with E-state index in [0.717, 1.165) is 33.5 Å². The minimum absolute atomic E-state index is 0.154. The topological polar surface area (TPSA) is 96.3 Å². The maximum atomic E-state index is 5.98. The number of rotatable bonds is 7. The molecule has 7 heteroatoms. The average molecular weight is 428 g/mol. The van der Waals surface area contributed by atoms with Crippen LogP contribution in [0.3, 0.4) is 0 Å². The molecule has 0 saturated carbocycles. The van der Waals surface area contributed by atoms with Crippen LogP contribution in [-0.4, -0.2) is 23.2 Å². The van der Waals surface area contributed by atoms with E-state index in [2.05, 4.69) is 46.4 Å². The molecule has 0 bridgehead atoms. The fourth-order valence-corrected chi connectivity index (χ4v) is 2.62. The molecule has 6 nitrogen and oxygen atoms in total. The number of benzene rings is 1. The van der Waals surface area contributed by atoms with Gasteiger partial charge in [-0.3, -0.25) is 0 Å². The molecule has 0 aliphatic rings. The van der Waals surface area contributed by atoms with Gasteiger partial charge in [0.25, 0.3) is 0 Å². The number of nitrogens with two attached hydrogens (primary N) is 2. The van der Waals surface area contributed by atoms with Crippen LogP contribution in [0.2, 0.25) is 0 Å². The van der Waals surface area contributed by atoms with Gasteiger partial charge in [-0.2, -0.15) is 4.98 Å². The molecule has 0 amide bonds. The minimum Gasteiger partial charge on any atom is -0.492 e. The van der Waals surface area contributed by atoms with E-state index < -0.39 is 0 Å². The van der Waals surface area contributed by atoms with Crippen LogP contribution in [0.15, 0.2) is 18.3 Å². The Labute approximate surface area is 149 Å². The van der Waals surface area contributed by atoms with Crippen LogP contribution in [0.4, 0.5) is 11.8 Å². The number of nitrogen functional groups attached to an aromatic ring is 2. The van der Waals surface area contributed by atoms with Gasteiger partial charge < -0.3 is 20.9 Å². The smallest absolute Gasteiger partial charge is 0.221 e. The Morgan fingerprint density at radius 1 is 1.04 bits per heavy atom. The third-order valence-corrected chi connectivity index (χ3v) is 4.14. The van der Waals surface area contributed by atoms with E-state index in [1.54, 1.807) is 6.20 Å². The lowest BCUT2D eigenvalue weighted by Crippen LogP contribution is -2.04. The number of halogens is 1. The van der Waals surface area contributed by atoms with E-state index in [-0.39, 0.29) is 5.95 Å². The normalized spacial score (nSPS) is 10.6. The number of anilines is 2. The number of hydrogen-bond acceptors (Lipinski definition) is 6. The predicted octanol–water partition coefficient (Wildman–Crippen LogP) is 3.49. The maximum Gasteiger partial charge on any atom is 0.221 e. The summed E-state index contributed by atoms with van der Waals surface area (Å²) in [7, 11) is 0. The zero-order valence-corrected chi connectivity index (χ0v) is 15.5.